The third-order valence-electron chi connectivity index (χ3n) is 4.00. The summed E-state index contributed by atoms with van der Waals surface area (Å²) in [5.41, 5.74) is 1.56. The minimum atomic E-state index is -0.740. The van der Waals surface area contributed by atoms with Gasteiger partial charge in [-0.05, 0) is 55.2 Å². The highest BCUT2D eigenvalue weighted by atomic mass is 32.2. The molecule has 0 fully saturated rings. The smallest absolute Gasteiger partial charge is 0.255 e. The zero-order valence-electron chi connectivity index (χ0n) is 15.6. The van der Waals surface area contributed by atoms with Crippen LogP contribution in [0.1, 0.15) is 22.3 Å². The number of rotatable bonds is 8. The van der Waals surface area contributed by atoms with E-state index in [2.05, 4.69) is 10.6 Å². The van der Waals surface area contributed by atoms with E-state index in [4.69, 9.17) is 4.74 Å². The molecule has 3 N–H and O–H groups in total. The molecule has 0 heterocycles. The lowest BCUT2D eigenvalue weighted by Gasteiger charge is -2.19. The van der Waals surface area contributed by atoms with Crippen molar-refractivity contribution in [3.63, 3.8) is 0 Å². The fourth-order valence-corrected chi connectivity index (χ4v) is 3.01. The van der Waals surface area contributed by atoms with Gasteiger partial charge in [0, 0.05) is 0 Å². The predicted octanol–water partition coefficient (Wildman–Crippen LogP) is 3.20. The van der Waals surface area contributed by atoms with Crippen LogP contribution in [0.5, 0.6) is 11.5 Å². The van der Waals surface area contributed by atoms with Crippen molar-refractivity contribution in [1.29, 1.82) is 0 Å². The summed E-state index contributed by atoms with van der Waals surface area (Å²) in [6.45, 7) is 1.85. The molecule has 1 atom stereocenters. The summed E-state index contributed by atoms with van der Waals surface area (Å²) in [4.78, 5) is 25.3. The highest BCUT2D eigenvalue weighted by molar-refractivity contribution is 7.98. The van der Waals surface area contributed by atoms with E-state index in [1.54, 1.807) is 54.2 Å². The van der Waals surface area contributed by atoms with Crippen molar-refractivity contribution in [1.82, 2.24) is 5.32 Å². The number of hydrogen-bond acceptors (Lipinski definition) is 5. The number of aryl methyl sites for hydroxylation is 1. The highest BCUT2D eigenvalue weighted by Crippen LogP contribution is 2.24. The van der Waals surface area contributed by atoms with E-state index < -0.39 is 6.04 Å². The average Bonchev–Trinajstić information content (AvgIpc) is 2.66. The second kappa shape index (κ2) is 9.87. The number of anilines is 1. The first kappa shape index (κ1) is 20.6. The number of hydrogen-bond donors (Lipinski definition) is 3. The lowest BCUT2D eigenvalue weighted by Crippen LogP contribution is -2.44. The molecule has 0 spiro atoms. The van der Waals surface area contributed by atoms with Crippen LogP contribution < -0.4 is 15.4 Å². The molecule has 144 valence electrons. The first-order valence-electron chi connectivity index (χ1n) is 8.49. The second-order valence-electron chi connectivity index (χ2n) is 6.02. The molecule has 0 aromatic heterocycles. The number of carbonyl (C=O) groups is 2. The first-order valence-corrected chi connectivity index (χ1v) is 9.89. The molecule has 2 aromatic carbocycles. The Balaban J connectivity index is 2.16. The van der Waals surface area contributed by atoms with Gasteiger partial charge in [-0.3, -0.25) is 9.59 Å². The summed E-state index contributed by atoms with van der Waals surface area (Å²) >= 11 is 1.58. The van der Waals surface area contributed by atoms with Crippen LogP contribution in [0.25, 0.3) is 0 Å². The maximum absolute atomic E-state index is 12.7. The molecule has 6 nitrogen and oxygen atoms in total. The molecule has 0 saturated carbocycles. The van der Waals surface area contributed by atoms with Crippen molar-refractivity contribution in [2.24, 2.45) is 0 Å². The molecule has 0 radical (unpaired) electrons. The number of nitrogens with one attached hydrogen (secondary N) is 2. The van der Waals surface area contributed by atoms with Crippen LogP contribution in [-0.2, 0) is 4.79 Å². The predicted molar refractivity (Wildman–Crippen MR) is 109 cm³/mol. The molecular weight excluding hydrogens is 364 g/mol. The van der Waals surface area contributed by atoms with E-state index in [9.17, 15) is 14.7 Å². The van der Waals surface area contributed by atoms with Gasteiger partial charge in [-0.25, -0.2) is 0 Å². The van der Waals surface area contributed by atoms with Crippen LogP contribution in [0.15, 0.2) is 42.5 Å². The molecule has 2 rings (SSSR count). The average molecular weight is 388 g/mol. The van der Waals surface area contributed by atoms with Crippen LogP contribution >= 0.6 is 11.8 Å². The number of methoxy groups -OCH3 is 1. The Hall–Kier alpha value is -2.67. The summed E-state index contributed by atoms with van der Waals surface area (Å²) in [5, 5.41) is 15.5. The van der Waals surface area contributed by atoms with Crippen molar-refractivity contribution in [2.75, 3.05) is 24.4 Å². The fourth-order valence-electron chi connectivity index (χ4n) is 2.54. The Bertz CT molecular complexity index is 810. The van der Waals surface area contributed by atoms with Gasteiger partial charge in [0.1, 0.15) is 17.5 Å². The van der Waals surface area contributed by atoms with E-state index in [-0.39, 0.29) is 17.6 Å². The van der Waals surface area contributed by atoms with Gasteiger partial charge >= 0.3 is 0 Å². The first-order chi connectivity index (χ1) is 13.0. The van der Waals surface area contributed by atoms with Gasteiger partial charge in [0.05, 0.1) is 18.4 Å². The Kier molecular flexibility index (Phi) is 7.55. The number of ether oxygens (including phenoxy) is 1. The highest BCUT2D eigenvalue weighted by Gasteiger charge is 2.23. The monoisotopic (exact) mass is 388 g/mol. The Morgan fingerprint density at radius 1 is 1.22 bits per heavy atom. The lowest BCUT2D eigenvalue weighted by molar-refractivity contribution is -0.118. The normalized spacial score (nSPS) is 11.5. The summed E-state index contributed by atoms with van der Waals surface area (Å²) < 4.78 is 5.21. The number of para-hydroxylation sites is 1. The van der Waals surface area contributed by atoms with E-state index in [1.165, 1.54) is 7.11 Å². The molecule has 27 heavy (non-hydrogen) atoms. The summed E-state index contributed by atoms with van der Waals surface area (Å²) in [7, 11) is 1.49. The molecule has 0 bridgehead atoms. The molecule has 7 heteroatoms. The Morgan fingerprint density at radius 2 is 1.96 bits per heavy atom. The number of thioether (sulfide) groups is 1. The second-order valence-corrected chi connectivity index (χ2v) is 7.00. The SMILES string of the molecule is COc1ccccc1C(=O)NC(CCSC)C(=O)Nc1ccc(C)cc1O. The van der Waals surface area contributed by atoms with Crippen molar-refractivity contribution < 1.29 is 19.4 Å². The molecule has 0 aliphatic carbocycles. The third-order valence-corrected chi connectivity index (χ3v) is 4.64. The van der Waals surface area contributed by atoms with E-state index in [1.807, 2.05) is 13.2 Å². The van der Waals surface area contributed by atoms with Gasteiger partial charge < -0.3 is 20.5 Å². The number of phenolic OH excluding ortho intramolecular Hbond substituents is 1. The molecule has 2 aromatic rings. The van der Waals surface area contributed by atoms with Gasteiger partial charge in [-0.1, -0.05) is 18.2 Å². The van der Waals surface area contributed by atoms with Crippen molar-refractivity contribution in [3.05, 3.63) is 53.6 Å². The van der Waals surface area contributed by atoms with Gasteiger partial charge in [0.2, 0.25) is 5.91 Å². The summed E-state index contributed by atoms with van der Waals surface area (Å²) in [6.07, 6.45) is 2.39. The molecular formula is C20H24N2O4S. The van der Waals surface area contributed by atoms with E-state index in [0.29, 0.717) is 29.2 Å². The topological polar surface area (TPSA) is 87.7 Å². The van der Waals surface area contributed by atoms with Crippen LogP contribution in [0.2, 0.25) is 0 Å². The summed E-state index contributed by atoms with van der Waals surface area (Å²) in [5.74, 6) is 0.357. The minimum absolute atomic E-state index is 0.0111. The number of benzene rings is 2. The van der Waals surface area contributed by atoms with Crippen LogP contribution in [0.3, 0.4) is 0 Å². The van der Waals surface area contributed by atoms with Gasteiger partial charge in [0.15, 0.2) is 0 Å². The van der Waals surface area contributed by atoms with Crippen LogP contribution in [-0.4, -0.2) is 42.1 Å². The zero-order valence-corrected chi connectivity index (χ0v) is 16.4. The van der Waals surface area contributed by atoms with Crippen LogP contribution in [0.4, 0.5) is 5.69 Å². The zero-order chi connectivity index (χ0) is 19.8. The van der Waals surface area contributed by atoms with Crippen molar-refractivity contribution in [3.8, 4) is 11.5 Å². The Labute approximate surface area is 163 Å². The number of amides is 2. The minimum Gasteiger partial charge on any atom is -0.506 e. The Morgan fingerprint density at radius 3 is 2.63 bits per heavy atom. The maximum atomic E-state index is 12.7. The van der Waals surface area contributed by atoms with Crippen LogP contribution in [0, 0.1) is 6.92 Å². The molecule has 0 saturated heterocycles. The largest absolute Gasteiger partial charge is 0.506 e. The molecule has 0 aliphatic heterocycles. The van der Waals surface area contributed by atoms with Crippen molar-refractivity contribution >= 4 is 29.3 Å². The third kappa shape index (κ3) is 5.65. The molecule has 2 amide bonds. The lowest BCUT2D eigenvalue weighted by atomic mass is 10.1. The standard InChI is InChI=1S/C20H24N2O4S/c1-13-8-9-15(17(23)12-13)21-20(25)16(10-11-27-3)22-19(24)14-6-4-5-7-18(14)26-2/h4-9,12,16,23H,10-11H2,1-3H3,(H,21,25)(H,22,24). The van der Waals surface area contributed by atoms with Gasteiger partial charge in [0.25, 0.3) is 5.91 Å². The van der Waals surface area contributed by atoms with E-state index >= 15 is 0 Å². The van der Waals surface area contributed by atoms with Gasteiger partial charge in [-0.15, -0.1) is 0 Å². The fraction of sp³-hybridized carbons (Fsp3) is 0.300. The molecule has 1 unspecified atom stereocenters. The van der Waals surface area contributed by atoms with Crippen molar-refractivity contribution in [2.45, 2.75) is 19.4 Å². The number of aromatic hydroxyl groups is 1. The number of carbonyl (C=O) groups excluding carboxylic acids is 2. The van der Waals surface area contributed by atoms with E-state index in [0.717, 1.165) is 5.56 Å². The number of phenols is 1. The molecule has 0 aliphatic rings. The summed E-state index contributed by atoms with van der Waals surface area (Å²) in [6, 6.07) is 11.1. The maximum Gasteiger partial charge on any atom is 0.255 e. The van der Waals surface area contributed by atoms with Gasteiger partial charge in [-0.2, -0.15) is 11.8 Å². The quantitative estimate of drug-likeness (QED) is 0.605.